The molecule has 0 aromatic heterocycles. The van der Waals surface area contributed by atoms with E-state index in [1.54, 1.807) is 13.8 Å². The lowest BCUT2D eigenvalue weighted by atomic mass is 9.90. The first-order valence-electron chi connectivity index (χ1n) is 7.51. The molecule has 3 nitrogen and oxygen atoms in total. The molecule has 4 atom stereocenters. The number of hydrogen-bond donors (Lipinski definition) is 2. The summed E-state index contributed by atoms with van der Waals surface area (Å²) in [5.41, 5.74) is 0. The molecule has 0 amide bonds. The molecule has 110 valence electrons. The molecule has 20 heavy (non-hydrogen) atoms. The van der Waals surface area contributed by atoms with Crippen LogP contribution in [0.3, 0.4) is 0 Å². The van der Waals surface area contributed by atoms with E-state index in [0.717, 1.165) is 25.7 Å². The SMILES string of the molecule is CC#CC(O)(O)C(C)C/C=C/C1CCC2CC(=O)CC12. The minimum absolute atomic E-state index is 0.325. The summed E-state index contributed by atoms with van der Waals surface area (Å²) in [6, 6.07) is 0. The fraction of sp³-hybridized carbons (Fsp3) is 0.706. The Hall–Kier alpha value is -1.11. The Bertz CT molecular complexity index is 453. The van der Waals surface area contributed by atoms with Crippen molar-refractivity contribution in [3.63, 3.8) is 0 Å². The van der Waals surface area contributed by atoms with Crippen LogP contribution in [-0.2, 0) is 4.79 Å². The van der Waals surface area contributed by atoms with Gasteiger partial charge in [-0.2, -0.15) is 0 Å². The second kappa shape index (κ2) is 6.11. The lowest BCUT2D eigenvalue weighted by molar-refractivity contribution is -0.145. The van der Waals surface area contributed by atoms with E-state index in [9.17, 15) is 15.0 Å². The number of carbonyl (C=O) groups excluding carboxylic acids is 1. The van der Waals surface area contributed by atoms with Crippen LogP contribution >= 0.6 is 0 Å². The van der Waals surface area contributed by atoms with Gasteiger partial charge < -0.3 is 10.2 Å². The lowest BCUT2D eigenvalue weighted by Gasteiger charge is -2.22. The minimum atomic E-state index is -1.92. The number of aliphatic hydroxyl groups is 2. The molecule has 0 aromatic rings. The van der Waals surface area contributed by atoms with Crippen LogP contribution in [0.4, 0.5) is 0 Å². The van der Waals surface area contributed by atoms with Crippen molar-refractivity contribution in [3.05, 3.63) is 12.2 Å². The molecule has 4 unspecified atom stereocenters. The van der Waals surface area contributed by atoms with E-state index < -0.39 is 5.79 Å². The van der Waals surface area contributed by atoms with E-state index in [0.29, 0.717) is 30.0 Å². The number of Topliss-reactive ketones (excluding diaryl/α,β-unsaturated/α-hetero) is 1. The Labute approximate surface area is 121 Å². The maximum atomic E-state index is 11.5. The molecule has 0 saturated heterocycles. The van der Waals surface area contributed by atoms with Gasteiger partial charge in [0.25, 0.3) is 0 Å². The van der Waals surface area contributed by atoms with Crippen molar-refractivity contribution in [2.75, 3.05) is 0 Å². The second-order valence-electron chi connectivity index (χ2n) is 6.28. The Morgan fingerprint density at radius 2 is 2.15 bits per heavy atom. The van der Waals surface area contributed by atoms with E-state index in [1.807, 2.05) is 6.08 Å². The van der Waals surface area contributed by atoms with Crippen LogP contribution in [0.15, 0.2) is 12.2 Å². The zero-order valence-electron chi connectivity index (χ0n) is 12.3. The van der Waals surface area contributed by atoms with Crippen LogP contribution < -0.4 is 0 Å². The summed E-state index contributed by atoms with van der Waals surface area (Å²) < 4.78 is 0. The highest BCUT2D eigenvalue weighted by Crippen LogP contribution is 2.46. The van der Waals surface area contributed by atoms with Crippen LogP contribution in [0.5, 0.6) is 0 Å². The molecule has 3 heteroatoms. The van der Waals surface area contributed by atoms with Gasteiger partial charge in [-0.15, -0.1) is 5.92 Å². The smallest absolute Gasteiger partial charge is 0.231 e. The summed E-state index contributed by atoms with van der Waals surface area (Å²) in [6.45, 7) is 3.38. The predicted molar refractivity (Wildman–Crippen MR) is 77.5 cm³/mol. The van der Waals surface area contributed by atoms with Crippen molar-refractivity contribution in [1.29, 1.82) is 0 Å². The van der Waals surface area contributed by atoms with Crippen LogP contribution in [0.25, 0.3) is 0 Å². The molecular formula is C17H24O3. The predicted octanol–water partition coefficient (Wildman–Crippen LogP) is 2.28. The van der Waals surface area contributed by atoms with Crippen molar-refractivity contribution in [3.8, 4) is 11.8 Å². The van der Waals surface area contributed by atoms with Gasteiger partial charge in [-0.25, -0.2) is 0 Å². The maximum absolute atomic E-state index is 11.5. The molecule has 2 aliphatic carbocycles. The van der Waals surface area contributed by atoms with Crippen molar-refractivity contribution in [2.45, 2.75) is 51.7 Å². The molecule has 0 spiro atoms. The Balaban J connectivity index is 1.87. The molecule has 0 bridgehead atoms. The second-order valence-corrected chi connectivity index (χ2v) is 6.28. The summed E-state index contributed by atoms with van der Waals surface area (Å²) >= 11 is 0. The normalized spacial score (nSPS) is 31.2. The highest BCUT2D eigenvalue weighted by Gasteiger charge is 2.41. The van der Waals surface area contributed by atoms with Gasteiger partial charge in [-0.3, -0.25) is 4.79 Å². The molecule has 2 rings (SSSR count). The van der Waals surface area contributed by atoms with Crippen molar-refractivity contribution in [2.24, 2.45) is 23.7 Å². The number of hydrogen-bond acceptors (Lipinski definition) is 3. The van der Waals surface area contributed by atoms with E-state index in [4.69, 9.17) is 0 Å². The molecule has 0 radical (unpaired) electrons. The maximum Gasteiger partial charge on any atom is 0.231 e. The zero-order valence-corrected chi connectivity index (χ0v) is 12.3. The van der Waals surface area contributed by atoms with Gasteiger partial charge in [0.05, 0.1) is 0 Å². The molecule has 0 heterocycles. The quantitative estimate of drug-likeness (QED) is 0.470. The Morgan fingerprint density at radius 3 is 2.85 bits per heavy atom. The Morgan fingerprint density at radius 1 is 1.40 bits per heavy atom. The summed E-state index contributed by atoms with van der Waals surface area (Å²) in [5, 5.41) is 19.5. The number of fused-ring (bicyclic) bond motifs is 1. The average Bonchev–Trinajstić information content (AvgIpc) is 2.89. The molecule has 2 saturated carbocycles. The van der Waals surface area contributed by atoms with E-state index >= 15 is 0 Å². The summed E-state index contributed by atoms with van der Waals surface area (Å²) in [6.07, 6.45) is 8.62. The molecular weight excluding hydrogens is 252 g/mol. The molecule has 2 fully saturated rings. The molecule has 0 aliphatic heterocycles. The first-order chi connectivity index (χ1) is 9.44. The summed E-state index contributed by atoms with van der Waals surface area (Å²) in [7, 11) is 0. The third-order valence-corrected chi connectivity index (χ3v) is 4.85. The third kappa shape index (κ3) is 3.31. The fourth-order valence-corrected chi connectivity index (χ4v) is 3.56. The van der Waals surface area contributed by atoms with Crippen molar-refractivity contribution >= 4 is 5.78 Å². The number of rotatable bonds is 4. The average molecular weight is 276 g/mol. The largest absolute Gasteiger partial charge is 0.356 e. The molecule has 0 aromatic carbocycles. The lowest BCUT2D eigenvalue weighted by Crippen LogP contribution is -2.34. The standard InChI is InChI=1S/C17H24O3/c1-3-9-17(19,20)12(2)5-4-6-13-7-8-14-10-15(18)11-16(13)14/h4,6,12-14,16,19-20H,5,7-8,10-11H2,1-2H3/b6-4+. The van der Waals surface area contributed by atoms with Gasteiger partial charge in [-0.1, -0.05) is 19.1 Å². The van der Waals surface area contributed by atoms with E-state index in [-0.39, 0.29) is 5.92 Å². The van der Waals surface area contributed by atoms with Gasteiger partial charge in [-0.05, 0) is 49.9 Å². The molecule has 2 N–H and O–H groups in total. The minimum Gasteiger partial charge on any atom is -0.356 e. The van der Waals surface area contributed by atoms with Crippen LogP contribution in [-0.4, -0.2) is 21.8 Å². The topological polar surface area (TPSA) is 57.5 Å². The van der Waals surface area contributed by atoms with Crippen LogP contribution in [0.2, 0.25) is 0 Å². The van der Waals surface area contributed by atoms with Gasteiger partial charge in [0, 0.05) is 18.8 Å². The van der Waals surface area contributed by atoms with Gasteiger partial charge in [0.15, 0.2) is 0 Å². The third-order valence-electron chi connectivity index (χ3n) is 4.85. The first kappa shape index (κ1) is 15.3. The van der Waals surface area contributed by atoms with Gasteiger partial charge in [0.2, 0.25) is 5.79 Å². The van der Waals surface area contributed by atoms with Crippen molar-refractivity contribution in [1.82, 2.24) is 0 Å². The van der Waals surface area contributed by atoms with E-state index in [1.165, 1.54) is 0 Å². The summed E-state index contributed by atoms with van der Waals surface area (Å²) in [4.78, 5) is 11.5. The van der Waals surface area contributed by atoms with Gasteiger partial charge >= 0.3 is 0 Å². The van der Waals surface area contributed by atoms with Crippen molar-refractivity contribution < 1.29 is 15.0 Å². The fourth-order valence-electron chi connectivity index (χ4n) is 3.56. The number of ketones is 1. The summed E-state index contributed by atoms with van der Waals surface area (Å²) in [5.74, 6) is 4.75. The van der Waals surface area contributed by atoms with Crippen LogP contribution in [0, 0.1) is 35.5 Å². The monoisotopic (exact) mass is 276 g/mol. The van der Waals surface area contributed by atoms with Gasteiger partial charge in [0.1, 0.15) is 5.78 Å². The number of carbonyl (C=O) groups is 1. The van der Waals surface area contributed by atoms with E-state index in [2.05, 4.69) is 17.9 Å². The Kier molecular flexibility index (Phi) is 4.67. The number of allylic oxidation sites excluding steroid dienone is 2. The highest BCUT2D eigenvalue weighted by atomic mass is 16.5. The first-order valence-corrected chi connectivity index (χ1v) is 7.51. The van der Waals surface area contributed by atoms with Crippen LogP contribution in [0.1, 0.15) is 46.0 Å². The zero-order chi connectivity index (χ0) is 14.8. The highest BCUT2D eigenvalue weighted by molar-refractivity contribution is 5.81. The molecule has 2 aliphatic rings.